The van der Waals surface area contributed by atoms with E-state index in [0.29, 0.717) is 35.9 Å². The van der Waals surface area contributed by atoms with E-state index in [1.165, 1.54) is 23.1 Å². The molecule has 1 saturated heterocycles. The lowest BCUT2D eigenvalue weighted by atomic mass is 10.2. The Labute approximate surface area is 195 Å². The van der Waals surface area contributed by atoms with Crippen molar-refractivity contribution in [3.63, 3.8) is 0 Å². The van der Waals surface area contributed by atoms with Gasteiger partial charge in [0.05, 0.1) is 35.9 Å². The van der Waals surface area contributed by atoms with Crippen molar-refractivity contribution in [1.29, 1.82) is 0 Å². The van der Waals surface area contributed by atoms with Crippen molar-refractivity contribution in [2.24, 2.45) is 0 Å². The van der Waals surface area contributed by atoms with E-state index in [1.807, 2.05) is 6.92 Å². The van der Waals surface area contributed by atoms with Gasteiger partial charge in [-0.25, -0.2) is 18.2 Å². The number of amides is 2. The van der Waals surface area contributed by atoms with Gasteiger partial charge in [-0.05, 0) is 43.3 Å². The van der Waals surface area contributed by atoms with Crippen LogP contribution in [-0.4, -0.2) is 49.4 Å². The highest BCUT2D eigenvalue weighted by Gasteiger charge is 2.24. The second-order valence-electron chi connectivity index (χ2n) is 7.44. The predicted molar refractivity (Wildman–Crippen MR) is 125 cm³/mol. The topological polar surface area (TPSA) is 123 Å². The first kappa shape index (κ1) is 22.6. The Morgan fingerprint density at radius 1 is 1.18 bits per heavy atom. The van der Waals surface area contributed by atoms with E-state index in [4.69, 9.17) is 16.3 Å². The summed E-state index contributed by atoms with van der Waals surface area (Å²) in [6.45, 7) is 2.64. The SMILES string of the molecule is Cc1cc(C(=O)Nc2cc(Cl)cc(NS(C)(=O)=O)c2)cn1-c1ccc(N2CCOC2=O)cn1. The minimum Gasteiger partial charge on any atom is -0.447 e. The van der Waals surface area contributed by atoms with Crippen LogP contribution in [0.2, 0.25) is 5.02 Å². The molecule has 2 amide bonds. The van der Waals surface area contributed by atoms with Crippen molar-refractivity contribution in [3.05, 3.63) is 65.1 Å². The second-order valence-corrected chi connectivity index (χ2v) is 9.62. The smallest absolute Gasteiger partial charge is 0.414 e. The van der Waals surface area contributed by atoms with Crippen molar-refractivity contribution in [1.82, 2.24) is 9.55 Å². The van der Waals surface area contributed by atoms with Crippen LogP contribution in [0.5, 0.6) is 0 Å². The third-order valence-electron chi connectivity index (χ3n) is 4.79. The van der Waals surface area contributed by atoms with Crippen LogP contribution in [-0.2, 0) is 14.8 Å². The highest BCUT2D eigenvalue weighted by atomic mass is 35.5. The molecule has 10 nitrogen and oxygen atoms in total. The molecule has 4 rings (SSSR count). The van der Waals surface area contributed by atoms with Gasteiger partial charge in [-0.15, -0.1) is 0 Å². The second kappa shape index (κ2) is 8.75. The predicted octanol–water partition coefficient (Wildman–Crippen LogP) is 3.41. The minimum atomic E-state index is -3.50. The summed E-state index contributed by atoms with van der Waals surface area (Å²) in [4.78, 5) is 30.4. The Hall–Kier alpha value is -3.57. The Morgan fingerprint density at radius 3 is 2.58 bits per heavy atom. The molecule has 0 aliphatic carbocycles. The number of sulfonamides is 1. The summed E-state index contributed by atoms with van der Waals surface area (Å²) >= 11 is 6.06. The molecule has 3 heterocycles. The lowest BCUT2D eigenvalue weighted by molar-refractivity contribution is 0.102. The van der Waals surface area contributed by atoms with Gasteiger partial charge < -0.3 is 14.6 Å². The Morgan fingerprint density at radius 2 is 1.94 bits per heavy atom. The monoisotopic (exact) mass is 489 g/mol. The normalized spacial score (nSPS) is 13.7. The number of rotatable bonds is 6. The molecule has 1 aliphatic heterocycles. The summed E-state index contributed by atoms with van der Waals surface area (Å²) in [5, 5.41) is 2.98. The number of hydrogen-bond acceptors (Lipinski definition) is 6. The number of aryl methyl sites for hydroxylation is 1. The number of anilines is 3. The number of pyridine rings is 1. The number of carbonyl (C=O) groups excluding carboxylic acids is 2. The number of cyclic esters (lactones) is 1. The number of halogens is 1. The van der Waals surface area contributed by atoms with Crippen LogP contribution in [0, 0.1) is 6.92 Å². The van der Waals surface area contributed by atoms with Gasteiger partial charge in [0.1, 0.15) is 12.4 Å². The van der Waals surface area contributed by atoms with Gasteiger partial charge in [0.15, 0.2) is 0 Å². The molecule has 0 atom stereocenters. The Bertz CT molecular complexity index is 1340. The fourth-order valence-corrected chi connectivity index (χ4v) is 4.17. The van der Waals surface area contributed by atoms with Gasteiger partial charge >= 0.3 is 6.09 Å². The first-order valence-electron chi connectivity index (χ1n) is 9.78. The third-order valence-corrected chi connectivity index (χ3v) is 5.61. The van der Waals surface area contributed by atoms with Gasteiger partial charge in [-0.2, -0.15) is 0 Å². The van der Waals surface area contributed by atoms with Crippen LogP contribution in [0.25, 0.3) is 5.82 Å². The Kier molecular flexibility index (Phi) is 6.00. The maximum atomic E-state index is 12.8. The number of ether oxygens (including phenoxy) is 1. The van der Waals surface area contributed by atoms with E-state index in [1.54, 1.807) is 35.2 Å². The number of carbonyl (C=O) groups is 2. The number of benzene rings is 1. The lowest BCUT2D eigenvalue weighted by Gasteiger charge is -2.13. The number of hydrogen-bond donors (Lipinski definition) is 2. The van der Waals surface area contributed by atoms with E-state index < -0.39 is 22.0 Å². The van der Waals surface area contributed by atoms with Crippen molar-refractivity contribution in [2.45, 2.75) is 6.92 Å². The highest BCUT2D eigenvalue weighted by molar-refractivity contribution is 7.92. The van der Waals surface area contributed by atoms with E-state index in [2.05, 4.69) is 15.0 Å². The molecule has 0 spiro atoms. The van der Waals surface area contributed by atoms with E-state index in [9.17, 15) is 18.0 Å². The van der Waals surface area contributed by atoms with Crippen LogP contribution < -0.4 is 14.9 Å². The molecule has 12 heteroatoms. The molecule has 0 unspecified atom stereocenters. The molecule has 0 radical (unpaired) electrons. The molecular weight excluding hydrogens is 470 g/mol. The quantitative estimate of drug-likeness (QED) is 0.547. The van der Waals surface area contributed by atoms with Gasteiger partial charge in [0.25, 0.3) is 5.91 Å². The Balaban J connectivity index is 1.52. The molecular formula is C21H20ClN5O5S. The van der Waals surface area contributed by atoms with Crippen LogP contribution in [0.3, 0.4) is 0 Å². The van der Waals surface area contributed by atoms with Crippen LogP contribution in [0.1, 0.15) is 16.1 Å². The van der Waals surface area contributed by atoms with E-state index >= 15 is 0 Å². The zero-order chi connectivity index (χ0) is 23.8. The molecule has 0 saturated carbocycles. The summed E-state index contributed by atoms with van der Waals surface area (Å²) in [5.74, 6) is 0.172. The summed E-state index contributed by atoms with van der Waals surface area (Å²) in [6.07, 6.45) is 3.83. The molecule has 172 valence electrons. The largest absolute Gasteiger partial charge is 0.447 e. The van der Waals surface area contributed by atoms with Gasteiger partial charge in [0, 0.05) is 22.6 Å². The molecule has 1 fully saturated rings. The number of aromatic nitrogens is 2. The number of nitrogens with one attached hydrogen (secondary N) is 2. The van der Waals surface area contributed by atoms with Gasteiger partial charge in [-0.3, -0.25) is 14.4 Å². The maximum Gasteiger partial charge on any atom is 0.414 e. The van der Waals surface area contributed by atoms with Gasteiger partial charge in [-0.1, -0.05) is 11.6 Å². The zero-order valence-electron chi connectivity index (χ0n) is 17.7. The minimum absolute atomic E-state index is 0.236. The summed E-state index contributed by atoms with van der Waals surface area (Å²) < 4.78 is 32.0. The summed E-state index contributed by atoms with van der Waals surface area (Å²) in [5.41, 5.74) is 2.35. The van der Waals surface area contributed by atoms with Crippen molar-refractivity contribution >= 4 is 50.7 Å². The van der Waals surface area contributed by atoms with Crippen molar-refractivity contribution in [2.75, 3.05) is 34.3 Å². The maximum absolute atomic E-state index is 12.8. The fraction of sp³-hybridized carbons (Fsp3) is 0.190. The average molecular weight is 490 g/mol. The summed E-state index contributed by atoms with van der Waals surface area (Å²) in [7, 11) is -3.50. The van der Waals surface area contributed by atoms with Crippen LogP contribution >= 0.6 is 11.6 Å². The average Bonchev–Trinajstić information content (AvgIpc) is 3.32. The van der Waals surface area contributed by atoms with Crippen molar-refractivity contribution in [3.8, 4) is 5.82 Å². The lowest BCUT2D eigenvalue weighted by Crippen LogP contribution is -2.23. The van der Waals surface area contributed by atoms with Crippen molar-refractivity contribution < 1.29 is 22.7 Å². The molecule has 0 bridgehead atoms. The molecule has 1 aromatic carbocycles. The molecule has 2 N–H and O–H groups in total. The first-order chi connectivity index (χ1) is 15.6. The first-order valence-corrected chi connectivity index (χ1v) is 12.1. The standard InChI is InChI=1S/C21H20ClN5O5S/c1-13-7-14(20(28)24-16-8-15(22)9-17(10-16)25-33(2,30)31)12-27(13)19-4-3-18(11-23-19)26-5-6-32-21(26)29/h3-4,7-12,25H,5-6H2,1-2H3,(H,24,28). The zero-order valence-corrected chi connectivity index (χ0v) is 19.3. The molecule has 33 heavy (non-hydrogen) atoms. The van der Waals surface area contributed by atoms with Gasteiger partial charge in [0.2, 0.25) is 10.0 Å². The van der Waals surface area contributed by atoms with Crippen LogP contribution in [0.15, 0.2) is 48.8 Å². The van der Waals surface area contributed by atoms with E-state index in [-0.39, 0.29) is 10.7 Å². The third kappa shape index (κ3) is 5.26. The van der Waals surface area contributed by atoms with E-state index in [0.717, 1.165) is 11.9 Å². The fourth-order valence-electron chi connectivity index (χ4n) is 3.39. The molecule has 2 aromatic heterocycles. The number of nitrogens with zero attached hydrogens (tertiary/aromatic N) is 3. The summed E-state index contributed by atoms with van der Waals surface area (Å²) in [6, 6.07) is 9.63. The highest BCUT2D eigenvalue weighted by Crippen LogP contribution is 2.25. The van der Waals surface area contributed by atoms with Crippen LogP contribution in [0.4, 0.5) is 21.9 Å². The molecule has 3 aromatic rings. The molecule has 1 aliphatic rings.